The van der Waals surface area contributed by atoms with Crippen molar-refractivity contribution in [3.8, 4) is 5.75 Å². The molecule has 5 heteroatoms. The molecule has 0 aromatic heterocycles. The van der Waals surface area contributed by atoms with Gasteiger partial charge in [0.25, 0.3) is 0 Å². The third-order valence-corrected chi connectivity index (χ3v) is 3.41. The van der Waals surface area contributed by atoms with E-state index in [1.165, 1.54) is 12.1 Å². The van der Waals surface area contributed by atoms with E-state index in [1.807, 2.05) is 6.08 Å². The molecule has 3 nitrogen and oxygen atoms in total. The van der Waals surface area contributed by atoms with Crippen molar-refractivity contribution in [2.24, 2.45) is 0 Å². The first-order chi connectivity index (χ1) is 9.63. The molecule has 0 saturated carbocycles. The molecule has 0 aliphatic carbocycles. The Balaban J connectivity index is 1.91. The summed E-state index contributed by atoms with van der Waals surface area (Å²) in [5, 5.41) is 10.4. The maximum atomic E-state index is 12.9. The lowest BCUT2D eigenvalue weighted by Crippen LogP contribution is -2.26. The van der Waals surface area contributed by atoms with E-state index in [0.29, 0.717) is 10.6 Å². The minimum Gasteiger partial charge on any atom is -0.507 e. The Morgan fingerprint density at radius 1 is 1.10 bits per heavy atom. The first kappa shape index (κ1) is 13.0. The summed E-state index contributed by atoms with van der Waals surface area (Å²) in [5.41, 5.74) is 8.35. The summed E-state index contributed by atoms with van der Waals surface area (Å²) in [5.74, 6) is -0.119. The van der Waals surface area contributed by atoms with Crippen molar-refractivity contribution in [1.82, 2.24) is 10.9 Å². The Morgan fingerprint density at radius 2 is 1.85 bits per heavy atom. The minimum atomic E-state index is -0.267. The number of hydrazine groups is 1. The number of benzene rings is 2. The van der Waals surface area contributed by atoms with Crippen LogP contribution >= 0.6 is 11.6 Å². The van der Waals surface area contributed by atoms with Gasteiger partial charge in [0.15, 0.2) is 0 Å². The molecule has 1 aliphatic heterocycles. The fourth-order valence-corrected chi connectivity index (χ4v) is 2.31. The lowest BCUT2D eigenvalue weighted by atomic mass is 10.0. The molecule has 1 atom stereocenters. The predicted octanol–water partition coefficient (Wildman–Crippen LogP) is 3.37. The van der Waals surface area contributed by atoms with E-state index < -0.39 is 0 Å². The largest absolute Gasteiger partial charge is 0.507 e. The van der Waals surface area contributed by atoms with Gasteiger partial charge in [-0.25, -0.2) is 9.82 Å². The van der Waals surface area contributed by atoms with E-state index in [1.54, 1.807) is 30.3 Å². The van der Waals surface area contributed by atoms with E-state index in [9.17, 15) is 9.50 Å². The summed E-state index contributed by atoms with van der Waals surface area (Å²) in [6.45, 7) is 0. The number of nitrogens with one attached hydrogen (secondary N) is 2. The highest BCUT2D eigenvalue weighted by Gasteiger charge is 2.19. The second-order valence-electron chi connectivity index (χ2n) is 4.54. The molecule has 3 N–H and O–H groups in total. The number of halogens is 2. The third kappa shape index (κ3) is 2.48. The Morgan fingerprint density at radius 3 is 2.60 bits per heavy atom. The number of rotatable bonds is 2. The van der Waals surface area contributed by atoms with E-state index in [0.717, 1.165) is 11.3 Å². The number of phenols is 1. The van der Waals surface area contributed by atoms with Crippen LogP contribution in [0.25, 0.3) is 5.70 Å². The molecule has 3 rings (SSSR count). The highest BCUT2D eigenvalue weighted by atomic mass is 35.5. The number of aromatic hydroxyl groups is 1. The standard InChI is InChI=1S/C15H12ClFN2O/c16-10-3-6-15(20)12(7-10)14-8-13(18-19-14)9-1-4-11(17)5-2-9/h1-8,13,18-20H. The molecule has 2 aromatic rings. The lowest BCUT2D eigenvalue weighted by molar-refractivity contribution is 0.473. The van der Waals surface area contributed by atoms with Gasteiger partial charge in [-0.05, 0) is 42.0 Å². The molecule has 0 amide bonds. The predicted molar refractivity (Wildman–Crippen MR) is 76.5 cm³/mol. The summed E-state index contributed by atoms with van der Waals surface area (Å²) in [6.07, 6.45) is 1.92. The quantitative estimate of drug-likeness (QED) is 0.794. The van der Waals surface area contributed by atoms with Gasteiger partial charge in [-0.2, -0.15) is 0 Å². The highest BCUT2D eigenvalue weighted by Crippen LogP contribution is 2.31. The first-order valence-corrected chi connectivity index (χ1v) is 6.49. The van der Waals surface area contributed by atoms with Crippen LogP contribution in [-0.4, -0.2) is 5.11 Å². The van der Waals surface area contributed by atoms with E-state index in [4.69, 9.17) is 11.6 Å². The van der Waals surface area contributed by atoms with Crippen molar-refractivity contribution in [2.75, 3.05) is 0 Å². The van der Waals surface area contributed by atoms with Crippen molar-refractivity contribution in [1.29, 1.82) is 0 Å². The first-order valence-electron chi connectivity index (χ1n) is 6.11. The average Bonchev–Trinajstić information content (AvgIpc) is 2.92. The molecule has 1 aliphatic rings. The maximum absolute atomic E-state index is 12.9. The molecule has 0 fully saturated rings. The Bertz CT molecular complexity index is 670. The summed E-state index contributed by atoms with van der Waals surface area (Å²) >= 11 is 5.94. The lowest BCUT2D eigenvalue weighted by Gasteiger charge is -2.09. The number of hydrogen-bond acceptors (Lipinski definition) is 3. The van der Waals surface area contributed by atoms with Gasteiger partial charge in [0.05, 0.1) is 11.7 Å². The van der Waals surface area contributed by atoms with Crippen molar-refractivity contribution in [2.45, 2.75) is 6.04 Å². The molecular formula is C15H12ClFN2O. The smallest absolute Gasteiger partial charge is 0.125 e. The molecular weight excluding hydrogens is 279 g/mol. The molecule has 0 saturated heterocycles. The summed E-state index contributed by atoms with van der Waals surface area (Å²) in [4.78, 5) is 0. The third-order valence-electron chi connectivity index (χ3n) is 3.17. The number of phenolic OH excluding ortho intramolecular Hbond substituents is 1. The molecule has 0 radical (unpaired) electrons. The maximum Gasteiger partial charge on any atom is 0.125 e. The van der Waals surface area contributed by atoms with E-state index in [2.05, 4.69) is 10.9 Å². The Kier molecular flexibility index (Phi) is 3.34. The molecule has 102 valence electrons. The molecule has 20 heavy (non-hydrogen) atoms. The summed E-state index contributed by atoms with van der Waals surface area (Å²) < 4.78 is 12.9. The van der Waals surface area contributed by atoms with Crippen molar-refractivity contribution >= 4 is 17.3 Å². The normalized spacial score (nSPS) is 17.7. The Hall–Kier alpha value is -2.04. The minimum absolute atomic E-state index is 0.0935. The fraction of sp³-hybridized carbons (Fsp3) is 0.0667. The van der Waals surface area contributed by atoms with Gasteiger partial charge in [0, 0.05) is 10.6 Å². The van der Waals surface area contributed by atoms with Crippen LogP contribution in [0.1, 0.15) is 17.2 Å². The van der Waals surface area contributed by atoms with Crippen molar-refractivity contribution in [3.05, 3.63) is 70.5 Å². The zero-order chi connectivity index (χ0) is 14.1. The van der Waals surface area contributed by atoms with Gasteiger partial charge in [-0.3, -0.25) is 0 Å². The van der Waals surface area contributed by atoms with Crippen molar-refractivity contribution < 1.29 is 9.50 Å². The molecule has 0 bridgehead atoms. The van der Waals surface area contributed by atoms with Gasteiger partial charge < -0.3 is 10.5 Å². The van der Waals surface area contributed by atoms with Crippen LogP contribution in [-0.2, 0) is 0 Å². The topological polar surface area (TPSA) is 44.3 Å². The zero-order valence-corrected chi connectivity index (χ0v) is 11.2. The molecule has 1 heterocycles. The summed E-state index contributed by atoms with van der Waals surface area (Å²) in [6, 6.07) is 11.0. The van der Waals surface area contributed by atoms with Crippen LogP contribution in [0.5, 0.6) is 5.75 Å². The van der Waals surface area contributed by atoms with E-state index >= 15 is 0 Å². The van der Waals surface area contributed by atoms with Gasteiger partial charge >= 0.3 is 0 Å². The fourth-order valence-electron chi connectivity index (χ4n) is 2.14. The Labute approximate surface area is 120 Å². The SMILES string of the molecule is Oc1ccc(Cl)cc1C1=CC(c2ccc(F)cc2)NN1. The monoisotopic (exact) mass is 290 g/mol. The zero-order valence-electron chi connectivity index (χ0n) is 10.4. The summed E-state index contributed by atoms with van der Waals surface area (Å²) in [7, 11) is 0. The van der Waals surface area contributed by atoms with Crippen molar-refractivity contribution in [3.63, 3.8) is 0 Å². The average molecular weight is 291 g/mol. The van der Waals surface area contributed by atoms with Crippen LogP contribution in [0.3, 0.4) is 0 Å². The van der Waals surface area contributed by atoms with Gasteiger partial charge in [0.2, 0.25) is 0 Å². The molecule has 1 unspecified atom stereocenters. The molecule has 2 aromatic carbocycles. The van der Waals surface area contributed by atoms with Crippen LogP contribution in [0.15, 0.2) is 48.5 Å². The number of hydrogen-bond donors (Lipinski definition) is 3. The van der Waals surface area contributed by atoms with Gasteiger partial charge in [-0.15, -0.1) is 0 Å². The molecule has 0 spiro atoms. The van der Waals surface area contributed by atoms with E-state index in [-0.39, 0.29) is 17.6 Å². The van der Waals surface area contributed by atoms with Crippen LogP contribution in [0.4, 0.5) is 4.39 Å². The second-order valence-corrected chi connectivity index (χ2v) is 4.98. The van der Waals surface area contributed by atoms with Gasteiger partial charge in [0.1, 0.15) is 11.6 Å². The highest BCUT2D eigenvalue weighted by molar-refractivity contribution is 6.30. The van der Waals surface area contributed by atoms with Crippen LogP contribution in [0.2, 0.25) is 5.02 Å². The van der Waals surface area contributed by atoms with Crippen LogP contribution < -0.4 is 10.9 Å². The second kappa shape index (κ2) is 5.15. The van der Waals surface area contributed by atoms with Crippen LogP contribution in [0, 0.1) is 5.82 Å². The van der Waals surface area contributed by atoms with Gasteiger partial charge in [-0.1, -0.05) is 23.7 Å².